The third-order valence-corrected chi connectivity index (χ3v) is 13.1. The maximum Gasteiger partial charge on any atom is 0.410 e. The number of piperidine rings is 1. The van der Waals surface area contributed by atoms with E-state index in [9.17, 15) is 44.5 Å². The molecule has 4 aromatic rings. The molecular formula is C37H38IN7O11S2. The lowest BCUT2D eigenvalue weighted by Gasteiger charge is -2.46. The van der Waals surface area contributed by atoms with E-state index in [1.165, 1.54) is 52.6 Å². The van der Waals surface area contributed by atoms with Crippen LogP contribution >= 0.6 is 23.1 Å². The molecule has 0 bridgehead atoms. The number of hydrogen-bond donors (Lipinski definition) is 2. The Balaban J connectivity index is 0.00000567. The summed E-state index contributed by atoms with van der Waals surface area (Å²) in [5, 5.41) is 33.3. The first kappa shape index (κ1) is 42.5. The van der Waals surface area contributed by atoms with Crippen molar-refractivity contribution in [1.82, 2.24) is 14.2 Å². The highest BCUT2D eigenvalue weighted by Gasteiger charge is 2.60. The Bertz CT molecular complexity index is 2300. The summed E-state index contributed by atoms with van der Waals surface area (Å²) in [6.45, 7) is 3.99. The van der Waals surface area contributed by atoms with Gasteiger partial charge >= 0.3 is 12.1 Å². The van der Waals surface area contributed by atoms with Gasteiger partial charge in [0.15, 0.2) is 6.54 Å². The molecule has 2 fully saturated rings. The SMILES string of the molecule is C[C@@H](O)[C@H]1C(=O)N2C(C(=O)OCc3ccc([N+](=O)[O-])cc3)=C(c3cn4c[n+](CC(N)=O)c(SC5CCN(C(=O)OCc6ccc([N+](=O)[O-])cc6)CC5)c4s3)[C@H](C)[C@H]12.[I-]. The number of nitro benzene ring substituents is 2. The number of carbonyl (C=O) groups is 4. The quantitative estimate of drug-likeness (QED) is 0.0474. The Morgan fingerprint density at radius 1 is 1.00 bits per heavy atom. The molecule has 0 spiro atoms. The number of non-ortho nitro benzene ring substituents is 2. The van der Waals surface area contributed by atoms with E-state index in [1.807, 2.05) is 17.5 Å². The average molecular weight is 948 g/mol. The smallest absolute Gasteiger partial charge is 0.410 e. The number of ether oxygens (including phenoxy) is 2. The maximum absolute atomic E-state index is 13.9. The number of thiazole rings is 1. The number of carbonyl (C=O) groups excluding carboxylic acids is 4. The Morgan fingerprint density at radius 2 is 1.57 bits per heavy atom. The van der Waals surface area contributed by atoms with E-state index >= 15 is 0 Å². The van der Waals surface area contributed by atoms with Gasteiger partial charge < -0.3 is 54.1 Å². The number of aromatic nitrogens is 2. The first-order valence-corrected chi connectivity index (χ1v) is 19.7. The van der Waals surface area contributed by atoms with Gasteiger partial charge in [0.25, 0.3) is 23.6 Å². The molecule has 3 aliphatic heterocycles. The van der Waals surface area contributed by atoms with Gasteiger partial charge in [0, 0.05) is 54.1 Å². The number of thioether (sulfide) groups is 1. The average Bonchev–Trinajstić information content (AvgIpc) is 3.80. The molecule has 0 radical (unpaired) electrons. The molecule has 0 unspecified atom stereocenters. The van der Waals surface area contributed by atoms with Crippen LogP contribution in [-0.2, 0) is 43.6 Å². The lowest BCUT2D eigenvalue weighted by molar-refractivity contribution is -0.717. The second-order valence-electron chi connectivity index (χ2n) is 14.1. The topological polar surface area (TPSA) is 234 Å². The molecule has 0 aliphatic carbocycles. The number of nitrogens with zero attached hydrogens (tertiary/aromatic N) is 6. The summed E-state index contributed by atoms with van der Waals surface area (Å²) < 4.78 is 14.8. The van der Waals surface area contributed by atoms with E-state index in [0.29, 0.717) is 47.5 Å². The van der Waals surface area contributed by atoms with E-state index in [-0.39, 0.29) is 77.9 Å². The molecule has 5 heterocycles. The first-order chi connectivity index (χ1) is 27.2. The summed E-state index contributed by atoms with van der Waals surface area (Å²) in [4.78, 5) is 77.7. The normalized spacial score (nSPS) is 19.6. The van der Waals surface area contributed by atoms with Gasteiger partial charge in [-0.15, -0.1) is 0 Å². The van der Waals surface area contributed by atoms with Crippen molar-refractivity contribution in [2.24, 2.45) is 17.6 Å². The van der Waals surface area contributed by atoms with Crippen LogP contribution in [0.3, 0.4) is 0 Å². The third-order valence-electron chi connectivity index (χ3n) is 10.4. The number of hydrogen-bond acceptors (Lipinski definition) is 13. The minimum Gasteiger partial charge on any atom is -1.00 e. The molecule has 4 atom stereocenters. The molecule has 306 valence electrons. The number of nitrogens with two attached hydrogens (primary N) is 1. The number of β-lactam (4-membered cyclic amide) rings is 1. The largest absolute Gasteiger partial charge is 1.00 e. The summed E-state index contributed by atoms with van der Waals surface area (Å²) in [5.41, 5.74) is 7.27. The van der Waals surface area contributed by atoms with Gasteiger partial charge in [0.1, 0.15) is 25.1 Å². The summed E-state index contributed by atoms with van der Waals surface area (Å²) >= 11 is 2.92. The molecule has 0 saturated carbocycles. The van der Waals surface area contributed by atoms with Gasteiger partial charge in [-0.3, -0.25) is 29.8 Å². The van der Waals surface area contributed by atoms with Gasteiger partial charge in [-0.1, -0.05) is 30.0 Å². The molecule has 7 rings (SSSR count). The minimum atomic E-state index is -0.948. The van der Waals surface area contributed by atoms with Gasteiger partial charge in [-0.05, 0) is 55.2 Å². The van der Waals surface area contributed by atoms with Crippen LogP contribution in [0.15, 0.2) is 71.8 Å². The Labute approximate surface area is 355 Å². The van der Waals surface area contributed by atoms with Crippen molar-refractivity contribution in [2.75, 3.05) is 13.1 Å². The lowest BCUT2D eigenvalue weighted by atomic mass is 9.77. The summed E-state index contributed by atoms with van der Waals surface area (Å²) in [6.07, 6.45) is 3.38. The van der Waals surface area contributed by atoms with Crippen molar-refractivity contribution in [2.45, 2.75) is 68.9 Å². The zero-order chi connectivity index (χ0) is 40.7. The van der Waals surface area contributed by atoms with Gasteiger partial charge in [0.05, 0.1) is 32.8 Å². The number of aliphatic hydroxyl groups excluding tert-OH is 1. The van der Waals surface area contributed by atoms with Crippen molar-refractivity contribution in [1.29, 1.82) is 0 Å². The van der Waals surface area contributed by atoms with Crippen LogP contribution in [0, 0.1) is 32.1 Å². The maximum atomic E-state index is 13.9. The Hall–Kier alpha value is -5.13. The number of imidazole rings is 1. The fraction of sp³-hybridized carbons (Fsp3) is 0.378. The molecule has 3 amide bonds. The van der Waals surface area contributed by atoms with Gasteiger partial charge in [0.2, 0.25) is 15.8 Å². The van der Waals surface area contributed by atoms with Crippen LogP contribution in [0.5, 0.6) is 0 Å². The van der Waals surface area contributed by atoms with E-state index in [2.05, 4.69) is 0 Å². The number of amides is 3. The number of halogens is 1. The van der Waals surface area contributed by atoms with Crippen molar-refractivity contribution < 1.29 is 72.1 Å². The Kier molecular flexibility index (Phi) is 12.7. The number of fused-ring (bicyclic) bond motifs is 2. The van der Waals surface area contributed by atoms with Crippen LogP contribution in [0.25, 0.3) is 10.4 Å². The number of benzene rings is 2. The number of esters is 1. The third kappa shape index (κ3) is 8.38. The molecule has 3 N–H and O–H groups in total. The molecule has 18 nitrogen and oxygen atoms in total. The fourth-order valence-electron chi connectivity index (χ4n) is 7.54. The standard InChI is InChI=1S/C37H37N7O11S2.HI/c1-20-29(32(42-31(20)30(21(2)45)33(42)47)36(48)54-17-22-3-7-24(8-4-22)43(50)51)27-15-40-19-41(16-28(38)46)34(35(40)57-27)56-26-11-13-39(14-12-26)37(49)55-18-23-5-9-25(10-6-23)44(52)53;/h3-10,15,19-21,26,30-31,45H,11-14,16-18H2,1-2H3,(H-,38,46);1H/t20-,21+,30+,31+;/m0./s1. The van der Waals surface area contributed by atoms with Gasteiger partial charge in [-0.2, -0.15) is 4.40 Å². The number of rotatable bonds is 13. The van der Waals surface area contributed by atoms with Crippen LogP contribution in [0.1, 0.15) is 42.7 Å². The molecular weight excluding hydrogens is 909 g/mol. The zero-order valence-corrected chi connectivity index (χ0v) is 34.9. The van der Waals surface area contributed by atoms with Crippen molar-refractivity contribution >= 4 is 68.8 Å². The molecule has 2 aromatic carbocycles. The zero-order valence-electron chi connectivity index (χ0n) is 31.1. The Morgan fingerprint density at radius 3 is 2.10 bits per heavy atom. The lowest BCUT2D eigenvalue weighted by Crippen LogP contribution is -3.00. The van der Waals surface area contributed by atoms with E-state index < -0.39 is 45.9 Å². The summed E-state index contributed by atoms with van der Waals surface area (Å²) in [6, 6.07) is 10.9. The number of nitro groups is 2. The monoisotopic (exact) mass is 947 g/mol. The summed E-state index contributed by atoms with van der Waals surface area (Å²) in [5.74, 6) is -2.74. The second-order valence-corrected chi connectivity index (χ2v) is 16.4. The van der Waals surface area contributed by atoms with Crippen LogP contribution in [0.2, 0.25) is 0 Å². The molecule has 3 aliphatic rings. The van der Waals surface area contributed by atoms with Crippen molar-refractivity contribution in [3.8, 4) is 0 Å². The number of primary amides is 1. The number of aliphatic hydroxyl groups is 1. The number of likely N-dealkylation sites (tertiary alicyclic amines) is 1. The van der Waals surface area contributed by atoms with Crippen LogP contribution in [-0.4, -0.2) is 83.5 Å². The van der Waals surface area contributed by atoms with Gasteiger partial charge in [-0.25, -0.2) is 14.2 Å². The van der Waals surface area contributed by atoms with E-state index in [4.69, 9.17) is 15.2 Å². The minimum absolute atomic E-state index is 0. The van der Waals surface area contributed by atoms with E-state index in [0.717, 1.165) is 9.86 Å². The predicted molar refractivity (Wildman–Crippen MR) is 203 cm³/mol. The highest BCUT2D eigenvalue weighted by Crippen LogP contribution is 2.52. The predicted octanol–water partition coefficient (Wildman–Crippen LogP) is 0.799. The van der Waals surface area contributed by atoms with Crippen LogP contribution in [0.4, 0.5) is 16.2 Å². The van der Waals surface area contributed by atoms with Crippen LogP contribution < -0.4 is 34.3 Å². The first-order valence-electron chi connectivity index (χ1n) is 18.0. The second kappa shape index (κ2) is 17.4. The fourth-order valence-corrected chi connectivity index (χ4v) is 10.2. The molecule has 21 heteroatoms. The highest BCUT2D eigenvalue weighted by molar-refractivity contribution is 8.00. The summed E-state index contributed by atoms with van der Waals surface area (Å²) in [7, 11) is 0. The van der Waals surface area contributed by atoms with Crippen molar-refractivity contribution in [3.05, 3.63) is 103 Å². The van der Waals surface area contributed by atoms with Crippen molar-refractivity contribution in [3.63, 3.8) is 0 Å². The molecule has 58 heavy (non-hydrogen) atoms. The molecule has 2 saturated heterocycles. The molecule has 2 aromatic heterocycles. The van der Waals surface area contributed by atoms with E-state index in [1.54, 1.807) is 46.6 Å². The highest BCUT2D eigenvalue weighted by atomic mass is 127.